The molecule has 0 saturated heterocycles. The molecule has 0 saturated carbocycles. The zero-order valence-electron chi connectivity index (χ0n) is 12.6. The number of nitrogens with zero attached hydrogens (tertiary/aromatic N) is 1. The zero-order valence-corrected chi connectivity index (χ0v) is 13.4. The van der Waals surface area contributed by atoms with Crippen molar-refractivity contribution in [3.63, 3.8) is 0 Å². The van der Waals surface area contributed by atoms with Crippen LogP contribution < -0.4 is 10.6 Å². The lowest BCUT2D eigenvalue weighted by atomic mass is 9.98. The van der Waals surface area contributed by atoms with E-state index in [4.69, 9.17) is 0 Å². The van der Waals surface area contributed by atoms with Gasteiger partial charge in [0.1, 0.15) is 6.54 Å². The van der Waals surface area contributed by atoms with E-state index in [0.29, 0.717) is 6.54 Å². The molecule has 1 aromatic heterocycles. The first kappa shape index (κ1) is 17.7. The molecule has 1 aromatic rings. The Morgan fingerprint density at radius 1 is 1.43 bits per heavy atom. The van der Waals surface area contributed by atoms with Crippen LogP contribution in [0.3, 0.4) is 0 Å². The maximum absolute atomic E-state index is 12.0. The molecule has 2 heterocycles. The molecule has 23 heavy (non-hydrogen) atoms. The van der Waals surface area contributed by atoms with Crippen LogP contribution >= 0.6 is 11.3 Å². The van der Waals surface area contributed by atoms with Gasteiger partial charge in [0.15, 0.2) is 0 Å². The number of nitrogens with one attached hydrogen (secondary N) is 2. The summed E-state index contributed by atoms with van der Waals surface area (Å²) in [5.41, 5.74) is 1.19. The summed E-state index contributed by atoms with van der Waals surface area (Å²) in [6, 6.07) is 0.997. The molecule has 0 radical (unpaired) electrons. The molecule has 9 heteroatoms. The Morgan fingerprint density at radius 3 is 2.83 bits per heavy atom. The standard InChI is InChI=1S/C14H18F3N3O2S/c1-2-10-9-4-6-23-11(9)3-5-20(10)7-12(21)19-13(22)18-8-14(15,16)17/h4,6,10H,2-3,5,7-8H2,1H3,(H2,18,19,21,22). The number of hydrogen-bond donors (Lipinski definition) is 2. The lowest BCUT2D eigenvalue weighted by Crippen LogP contribution is -2.48. The largest absolute Gasteiger partial charge is 0.405 e. The molecule has 3 amide bonds. The lowest BCUT2D eigenvalue weighted by molar-refractivity contribution is -0.125. The Kier molecular flexibility index (Phi) is 5.64. The number of rotatable bonds is 4. The van der Waals surface area contributed by atoms with Crippen LogP contribution in [0.2, 0.25) is 0 Å². The van der Waals surface area contributed by atoms with Gasteiger partial charge in [-0.2, -0.15) is 13.2 Å². The number of amides is 3. The Balaban J connectivity index is 1.87. The molecule has 1 unspecified atom stereocenters. The molecule has 2 N–H and O–H groups in total. The topological polar surface area (TPSA) is 61.4 Å². The van der Waals surface area contributed by atoms with Gasteiger partial charge in [0.05, 0.1) is 6.54 Å². The molecule has 2 rings (SSSR count). The van der Waals surface area contributed by atoms with Gasteiger partial charge >= 0.3 is 12.2 Å². The van der Waals surface area contributed by atoms with Crippen LogP contribution in [0.1, 0.15) is 29.8 Å². The highest BCUT2D eigenvalue weighted by atomic mass is 32.1. The molecule has 1 aliphatic heterocycles. The summed E-state index contributed by atoms with van der Waals surface area (Å²) >= 11 is 1.69. The summed E-state index contributed by atoms with van der Waals surface area (Å²) in [6.07, 6.45) is -2.86. The van der Waals surface area contributed by atoms with Crippen LogP contribution in [-0.4, -0.2) is 42.6 Å². The van der Waals surface area contributed by atoms with E-state index in [-0.39, 0.29) is 12.6 Å². The van der Waals surface area contributed by atoms with E-state index < -0.39 is 24.7 Å². The first-order valence-corrected chi connectivity index (χ1v) is 8.13. The van der Waals surface area contributed by atoms with E-state index in [9.17, 15) is 22.8 Å². The monoisotopic (exact) mass is 349 g/mol. The van der Waals surface area contributed by atoms with Crippen molar-refractivity contribution >= 4 is 23.3 Å². The van der Waals surface area contributed by atoms with E-state index in [0.717, 1.165) is 12.8 Å². The predicted molar refractivity (Wildman–Crippen MR) is 80.2 cm³/mol. The number of carbonyl (C=O) groups is 2. The van der Waals surface area contributed by atoms with Crippen LogP contribution in [0.15, 0.2) is 11.4 Å². The normalized spacial score (nSPS) is 18.3. The molecule has 0 spiro atoms. The van der Waals surface area contributed by atoms with Gasteiger partial charge in [-0.3, -0.25) is 15.0 Å². The van der Waals surface area contributed by atoms with E-state index in [2.05, 4.69) is 0 Å². The minimum absolute atomic E-state index is 0.0206. The van der Waals surface area contributed by atoms with Crippen molar-refractivity contribution in [1.82, 2.24) is 15.5 Å². The molecule has 0 bridgehead atoms. The number of alkyl halides is 3. The van der Waals surface area contributed by atoms with Crippen molar-refractivity contribution in [2.24, 2.45) is 0 Å². The second-order valence-electron chi connectivity index (χ2n) is 5.29. The van der Waals surface area contributed by atoms with Crippen molar-refractivity contribution in [2.75, 3.05) is 19.6 Å². The third kappa shape index (κ3) is 4.93. The van der Waals surface area contributed by atoms with E-state index >= 15 is 0 Å². The Labute approximate surface area is 135 Å². The Morgan fingerprint density at radius 2 is 2.17 bits per heavy atom. The van der Waals surface area contributed by atoms with Gasteiger partial charge in [-0.15, -0.1) is 11.3 Å². The minimum Gasteiger partial charge on any atom is -0.329 e. The molecule has 1 atom stereocenters. The molecular formula is C14H18F3N3O2S. The Bertz CT molecular complexity index is 574. The summed E-state index contributed by atoms with van der Waals surface area (Å²) < 4.78 is 36.0. The van der Waals surface area contributed by atoms with E-state index in [1.807, 2.05) is 28.6 Å². The number of carbonyl (C=O) groups excluding carboxylic acids is 2. The van der Waals surface area contributed by atoms with Crippen LogP contribution in [0.5, 0.6) is 0 Å². The van der Waals surface area contributed by atoms with Crippen molar-refractivity contribution in [3.05, 3.63) is 21.9 Å². The van der Waals surface area contributed by atoms with Gasteiger partial charge in [-0.05, 0) is 29.9 Å². The van der Waals surface area contributed by atoms with Gasteiger partial charge in [0.25, 0.3) is 0 Å². The molecule has 0 aliphatic carbocycles. The van der Waals surface area contributed by atoms with Gasteiger partial charge in [0, 0.05) is 17.5 Å². The second-order valence-corrected chi connectivity index (χ2v) is 6.29. The van der Waals surface area contributed by atoms with Gasteiger partial charge in [-0.1, -0.05) is 6.92 Å². The zero-order chi connectivity index (χ0) is 17.0. The summed E-state index contributed by atoms with van der Waals surface area (Å²) in [7, 11) is 0. The van der Waals surface area contributed by atoms with Crippen molar-refractivity contribution < 1.29 is 22.8 Å². The first-order valence-electron chi connectivity index (χ1n) is 7.25. The highest BCUT2D eigenvalue weighted by Gasteiger charge is 2.30. The molecular weight excluding hydrogens is 331 g/mol. The average molecular weight is 349 g/mol. The SMILES string of the molecule is CCC1c2ccsc2CCN1CC(=O)NC(=O)NCC(F)(F)F. The molecule has 5 nitrogen and oxygen atoms in total. The van der Waals surface area contributed by atoms with Crippen molar-refractivity contribution in [3.8, 4) is 0 Å². The predicted octanol–water partition coefficient (Wildman–Crippen LogP) is 2.45. The highest BCUT2D eigenvalue weighted by molar-refractivity contribution is 7.10. The van der Waals surface area contributed by atoms with Crippen LogP contribution in [0.25, 0.3) is 0 Å². The maximum atomic E-state index is 12.0. The quantitative estimate of drug-likeness (QED) is 0.878. The van der Waals surface area contributed by atoms with Crippen molar-refractivity contribution in [2.45, 2.75) is 32.0 Å². The number of urea groups is 1. The third-order valence-electron chi connectivity index (χ3n) is 3.64. The summed E-state index contributed by atoms with van der Waals surface area (Å²) in [6.45, 7) is 1.21. The summed E-state index contributed by atoms with van der Waals surface area (Å²) in [4.78, 5) is 26.4. The second kappa shape index (κ2) is 7.31. The van der Waals surface area contributed by atoms with Crippen LogP contribution in [0.4, 0.5) is 18.0 Å². The fourth-order valence-corrected chi connectivity index (χ4v) is 3.62. The average Bonchev–Trinajstić information content (AvgIpc) is 2.92. The van der Waals surface area contributed by atoms with Gasteiger partial charge in [0.2, 0.25) is 5.91 Å². The third-order valence-corrected chi connectivity index (χ3v) is 4.64. The fourth-order valence-electron chi connectivity index (χ4n) is 2.69. The first-order chi connectivity index (χ1) is 10.8. The molecule has 1 aliphatic rings. The number of hydrogen-bond acceptors (Lipinski definition) is 4. The number of imide groups is 1. The fraction of sp³-hybridized carbons (Fsp3) is 0.571. The van der Waals surface area contributed by atoms with Crippen LogP contribution in [-0.2, 0) is 11.2 Å². The molecule has 128 valence electrons. The summed E-state index contributed by atoms with van der Waals surface area (Å²) in [5.74, 6) is -0.609. The van der Waals surface area contributed by atoms with E-state index in [1.165, 1.54) is 10.4 Å². The minimum atomic E-state index is -4.50. The summed E-state index contributed by atoms with van der Waals surface area (Å²) in [5, 5.41) is 5.56. The number of thiophene rings is 1. The number of fused-ring (bicyclic) bond motifs is 1. The van der Waals surface area contributed by atoms with E-state index in [1.54, 1.807) is 16.7 Å². The smallest absolute Gasteiger partial charge is 0.329 e. The highest BCUT2D eigenvalue weighted by Crippen LogP contribution is 2.34. The van der Waals surface area contributed by atoms with Crippen LogP contribution in [0, 0.1) is 0 Å². The van der Waals surface area contributed by atoms with Gasteiger partial charge in [-0.25, -0.2) is 4.79 Å². The number of halogens is 3. The molecule has 0 aromatic carbocycles. The molecule has 0 fully saturated rings. The van der Waals surface area contributed by atoms with Gasteiger partial charge < -0.3 is 5.32 Å². The Hall–Kier alpha value is -1.61. The maximum Gasteiger partial charge on any atom is 0.405 e. The lowest BCUT2D eigenvalue weighted by Gasteiger charge is -2.34. The van der Waals surface area contributed by atoms with Crippen molar-refractivity contribution in [1.29, 1.82) is 0 Å².